The average Bonchev–Trinajstić information content (AvgIpc) is 2.97. The van der Waals surface area contributed by atoms with Gasteiger partial charge < -0.3 is 14.5 Å². The smallest absolute Gasteiger partial charge is 0.181 e. The molecule has 0 spiro atoms. The maximum absolute atomic E-state index is 6.12. The van der Waals surface area contributed by atoms with Gasteiger partial charge in [0.2, 0.25) is 0 Å². The van der Waals surface area contributed by atoms with Gasteiger partial charge in [-0.05, 0) is 58.4 Å². The monoisotopic (exact) mass is 286 g/mol. The minimum atomic E-state index is -0.174. The number of hydrogen-bond acceptors (Lipinski definition) is 4. The summed E-state index contributed by atoms with van der Waals surface area (Å²) in [5, 5.41) is 3.59. The van der Waals surface area contributed by atoms with Gasteiger partial charge in [-0.25, -0.2) is 4.98 Å². The Labute approximate surface area is 125 Å². The van der Waals surface area contributed by atoms with Crippen LogP contribution in [0.15, 0.2) is 41.3 Å². The predicted molar refractivity (Wildman–Crippen MR) is 83.2 cm³/mol. The van der Waals surface area contributed by atoms with Gasteiger partial charge >= 0.3 is 0 Å². The molecule has 0 saturated carbocycles. The first-order valence-corrected chi connectivity index (χ1v) is 7.31. The van der Waals surface area contributed by atoms with Crippen molar-refractivity contribution in [3.05, 3.63) is 36.9 Å². The molecule has 1 aromatic heterocycles. The highest BCUT2D eigenvalue weighted by Crippen LogP contribution is 2.39. The number of aromatic nitrogens is 1. The van der Waals surface area contributed by atoms with Crippen molar-refractivity contribution in [1.82, 2.24) is 4.98 Å². The zero-order valence-corrected chi connectivity index (χ0v) is 13.0. The maximum atomic E-state index is 6.12. The van der Waals surface area contributed by atoms with E-state index in [0.29, 0.717) is 6.04 Å². The molecule has 4 heteroatoms. The van der Waals surface area contributed by atoms with E-state index in [-0.39, 0.29) is 11.2 Å². The Morgan fingerprint density at radius 3 is 2.38 bits per heavy atom. The van der Waals surface area contributed by atoms with Gasteiger partial charge in [-0.15, -0.1) is 0 Å². The molecular weight excluding hydrogens is 264 g/mol. The summed E-state index contributed by atoms with van der Waals surface area (Å²) in [6, 6.07) is 8.51. The number of anilines is 1. The Hall–Kier alpha value is -1.81. The van der Waals surface area contributed by atoms with Crippen LogP contribution in [0.2, 0.25) is 0 Å². The Morgan fingerprint density at radius 2 is 1.86 bits per heavy atom. The first-order valence-electron chi connectivity index (χ1n) is 7.31. The third kappa shape index (κ3) is 2.95. The van der Waals surface area contributed by atoms with Crippen LogP contribution in [0.5, 0.6) is 0 Å². The third-order valence-electron chi connectivity index (χ3n) is 4.02. The van der Waals surface area contributed by atoms with E-state index in [0.717, 1.165) is 23.4 Å². The molecule has 2 heterocycles. The largest absolute Gasteiger partial charge is 0.444 e. The van der Waals surface area contributed by atoms with Crippen molar-refractivity contribution in [3.8, 4) is 11.3 Å². The van der Waals surface area contributed by atoms with E-state index in [2.05, 4.69) is 50.1 Å². The highest BCUT2D eigenvalue weighted by Gasteiger charge is 2.45. The molecule has 1 atom stereocenters. The van der Waals surface area contributed by atoms with Crippen molar-refractivity contribution >= 4 is 5.69 Å². The van der Waals surface area contributed by atoms with Gasteiger partial charge in [0.25, 0.3) is 0 Å². The summed E-state index contributed by atoms with van der Waals surface area (Å²) in [6.07, 6.45) is 4.16. The molecule has 1 saturated heterocycles. The van der Waals surface area contributed by atoms with Crippen LogP contribution in [0, 0.1) is 0 Å². The summed E-state index contributed by atoms with van der Waals surface area (Å²) in [4.78, 5) is 3.94. The minimum absolute atomic E-state index is 0.0824. The second-order valence-electron chi connectivity index (χ2n) is 6.81. The van der Waals surface area contributed by atoms with Crippen LogP contribution in [-0.4, -0.2) is 22.2 Å². The predicted octanol–water partition coefficient (Wildman–Crippen LogP) is 4.10. The van der Waals surface area contributed by atoms with E-state index < -0.39 is 0 Å². The number of benzene rings is 1. The molecule has 1 unspecified atom stereocenters. The fourth-order valence-electron chi connectivity index (χ4n) is 3.08. The lowest BCUT2D eigenvalue weighted by molar-refractivity contribution is -0.0662. The van der Waals surface area contributed by atoms with Crippen molar-refractivity contribution in [2.24, 2.45) is 0 Å². The SMILES string of the molecule is CC1(C)CC(Nc2ccc(-c3cnco3)cc2)C(C)(C)O1. The van der Waals surface area contributed by atoms with E-state index >= 15 is 0 Å². The van der Waals surface area contributed by atoms with Gasteiger partial charge in [0.1, 0.15) is 0 Å². The molecule has 1 aromatic carbocycles. The van der Waals surface area contributed by atoms with Crippen LogP contribution in [0.3, 0.4) is 0 Å². The fourth-order valence-corrected chi connectivity index (χ4v) is 3.08. The maximum Gasteiger partial charge on any atom is 0.181 e. The van der Waals surface area contributed by atoms with E-state index in [1.807, 2.05) is 12.1 Å². The summed E-state index contributed by atoms with van der Waals surface area (Å²) in [7, 11) is 0. The standard InChI is InChI=1S/C17H22N2O2/c1-16(2)9-15(17(3,4)21-16)19-13-7-5-12(6-8-13)14-10-18-11-20-14/h5-8,10-11,15,19H,9H2,1-4H3. The molecule has 4 nitrogen and oxygen atoms in total. The molecule has 0 aliphatic carbocycles. The van der Waals surface area contributed by atoms with Gasteiger partial charge in [-0.2, -0.15) is 0 Å². The molecule has 112 valence electrons. The molecule has 2 aromatic rings. The summed E-state index contributed by atoms with van der Waals surface area (Å²) in [6.45, 7) is 8.57. The highest BCUT2D eigenvalue weighted by atomic mass is 16.5. The normalized spacial score (nSPS) is 23.1. The van der Waals surface area contributed by atoms with E-state index in [1.165, 1.54) is 6.39 Å². The molecule has 0 bridgehead atoms. The van der Waals surface area contributed by atoms with Crippen molar-refractivity contribution in [1.29, 1.82) is 0 Å². The topological polar surface area (TPSA) is 47.3 Å². The Morgan fingerprint density at radius 1 is 1.14 bits per heavy atom. The van der Waals surface area contributed by atoms with Gasteiger partial charge in [0.05, 0.1) is 23.4 Å². The second kappa shape index (κ2) is 4.88. The van der Waals surface area contributed by atoms with Crippen LogP contribution in [-0.2, 0) is 4.74 Å². The van der Waals surface area contributed by atoms with Crippen molar-refractivity contribution in [2.75, 3.05) is 5.32 Å². The lowest BCUT2D eigenvalue weighted by atomic mass is 9.94. The number of ether oxygens (including phenoxy) is 1. The second-order valence-corrected chi connectivity index (χ2v) is 6.81. The number of hydrogen-bond donors (Lipinski definition) is 1. The molecule has 0 amide bonds. The molecule has 1 N–H and O–H groups in total. The van der Waals surface area contributed by atoms with Crippen LogP contribution < -0.4 is 5.32 Å². The summed E-state index contributed by atoms with van der Waals surface area (Å²) >= 11 is 0. The van der Waals surface area contributed by atoms with Crippen LogP contribution in [0.4, 0.5) is 5.69 Å². The fraction of sp³-hybridized carbons (Fsp3) is 0.471. The highest BCUT2D eigenvalue weighted by molar-refractivity contribution is 5.60. The molecule has 3 rings (SSSR count). The summed E-state index contributed by atoms with van der Waals surface area (Å²) < 4.78 is 11.4. The molecule has 1 aliphatic rings. The van der Waals surface area contributed by atoms with Gasteiger partial charge in [0, 0.05) is 11.3 Å². The molecule has 1 fully saturated rings. The Balaban J connectivity index is 1.74. The van der Waals surface area contributed by atoms with E-state index in [9.17, 15) is 0 Å². The van der Waals surface area contributed by atoms with Crippen LogP contribution in [0.25, 0.3) is 11.3 Å². The van der Waals surface area contributed by atoms with Gasteiger partial charge in [-0.1, -0.05) is 0 Å². The summed E-state index contributed by atoms with van der Waals surface area (Å²) in [5.41, 5.74) is 1.87. The first kappa shape index (κ1) is 14.1. The van der Waals surface area contributed by atoms with Gasteiger partial charge in [0.15, 0.2) is 12.2 Å². The van der Waals surface area contributed by atoms with Crippen molar-refractivity contribution < 1.29 is 9.15 Å². The quantitative estimate of drug-likeness (QED) is 0.922. The zero-order valence-electron chi connectivity index (χ0n) is 13.0. The minimum Gasteiger partial charge on any atom is -0.444 e. The number of oxazole rings is 1. The number of nitrogens with zero attached hydrogens (tertiary/aromatic N) is 1. The van der Waals surface area contributed by atoms with E-state index in [4.69, 9.17) is 9.15 Å². The molecule has 21 heavy (non-hydrogen) atoms. The Bertz CT molecular complexity index is 600. The van der Waals surface area contributed by atoms with Crippen LogP contribution >= 0.6 is 0 Å². The van der Waals surface area contributed by atoms with Crippen molar-refractivity contribution in [3.63, 3.8) is 0 Å². The lowest BCUT2D eigenvalue weighted by Gasteiger charge is -2.28. The number of rotatable bonds is 3. The molecule has 0 radical (unpaired) electrons. The van der Waals surface area contributed by atoms with Gasteiger partial charge in [-0.3, -0.25) is 0 Å². The van der Waals surface area contributed by atoms with Crippen LogP contribution in [0.1, 0.15) is 34.1 Å². The average molecular weight is 286 g/mol. The lowest BCUT2D eigenvalue weighted by Crippen LogP contribution is -2.38. The Kier molecular flexibility index (Phi) is 3.29. The van der Waals surface area contributed by atoms with Crippen molar-refractivity contribution in [2.45, 2.75) is 51.4 Å². The third-order valence-corrected chi connectivity index (χ3v) is 4.02. The molecular formula is C17H22N2O2. The first-order chi connectivity index (χ1) is 9.86. The summed E-state index contributed by atoms with van der Waals surface area (Å²) in [5.74, 6) is 0.784. The zero-order chi connectivity index (χ0) is 15.1. The molecule has 1 aliphatic heterocycles. The number of nitrogens with one attached hydrogen (secondary N) is 1. The van der Waals surface area contributed by atoms with E-state index in [1.54, 1.807) is 6.20 Å².